The van der Waals surface area contributed by atoms with Gasteiger partial charge in [-0.25, -0.2) is 9.59 Å². The lowest BCUT2D eigenvalue weighted by atomic mass is 9.99. The van der Waals surface area contributed by atoms with Crippen molar-refractivity contribution in [1.82, 2.24) is 0 Å². The van der Waals surface area contributed by atoms with Crippen LogP contribution >= 0.6 is 0 Å². The van der Waals surface area contributed by atoms with Gasteiger partial charge in [0.05, 0.1) is 6.61 Å². The fourth-order valence-electron chi connectivity index (χ4n) is 2.28. The molecule has 1 amide bonds. The van der Waals surface area contributed by atoms with Crippen LogP contribution in [0.1, 0.15) is 5.56 Å². The van der Waals surface area contributed by atoms with E-state index >= 15 is 0 Å². The van der Waals surface area contributed by atoms with Crippen LogP contribution in [0, 0.1) is 12.3 Å². The van der Waals surface area contributed by atoms with Crippen LogP contribution in [0.15, 0.2) is 24.3 Å². The van der Waals surface area contributed by atoms with Crippen molar-refractivity contribution in [2.75, 3.05) is 11.9 Å². The van der Waals surface area contributed by atoms with E-state index in [0.717, 1.165) is 0 Å². The molecule has 0 aromatic heterocycles. The monoisotopic (exact) mass is 381 g/mol. The lowest BCUT2D eigenvalue weighted by Crippen LogP contribution is -2.61. The van der Waals surface area contributed by atoms with Crippen LogP contribution in [0.4, 0.5) is 10.5 Å². The Morgan fingerprint density at radius 3 is 2.41 bits per heavy atom. The van der Waals surface area contributed by atoms with Crippen molar-refractivity contribution in [1.29, 1.82) is 0 Å². The average Bonchev–Trinajstić information content (AvgIpc) is 2.67. The zero-order valence-electron chi connectivity index (χ0n) is 14.0. The van der Waals surface area contributed by atoms with Crippen LogP contribution in [0.3, 0.4) is 0 Å². The number of carbonyl (C=O) groups is 2. The molecule has 1 fully saturated rings. The third kappa shape index (κ3) is 5.16. The molecular weight excluding hydrogens is 362 g/mol. The Morgan fingerprint density at radius 1 is 1.15 bits per heavy atom. The molecule has 0 aliphatic carbocycles. The minimum atomic E-state index is -1.83. The van der Waals surface area contributed by atoms with Gasteiger partial charge in [0, 0.05) is 5.69 Å². The van der Waals surface area contributed by atoms with Gasteiger partial charge < -0.3 is 34.6 Å². The molecule has 10 heteroatoms. The molecule has 5 unspecified atom stereocenters. The Labute approximate surface area is 154 Å². The van der Waals surface area contributed by atoms with E-state index in [2.05, 4.69) is 10.1 Å². The highest BCUT2D eigenvalue weighted by atomic mass is 16.7. The number of esters is 1. The number of aliphatic hydroxyl groups is 4. The van der Waals surface area contributed by atoms with Crippen LogP contribution in [0.5, 0.6) is 0 Å². The van der Waals surface area contributed by atoms with Gasteiger partial charge >= 0.3 is 12.1 Å². The largest absolute Gasteiger partial charge is 0.451 e. The summed E-state index contributed by atoms with van der Waals surface area (Å²) in [5.74, 6) is 0.965. The Kier molecular flexibility index (Phi) is 7.12. The zero-order valence-corrected chi connectivity index (χ0v) is 14.0. The lowest BCUT2D eigenvalue weighted by Gasteiger charge is -2.38. The first kappa shape index (κ1) is 20.6. The van der Waals surface area contributed by atoms with Crippen molar-refractivity contribution in [3.05, 3.63) is 29.8 Å². The fourth-order valence-corrected chi connectivity index (χ4v) is 2.28. The molecule has 1 aliphatic heterocycles. The number of carbonyl (C=O) groups excluding carboxylic acids is 2. The number of amides is 1. The molecule has 2 rings (SSSR count). The summed E-state index contributed by atoms with van der Waals surface area (Å²) in [4.78, 5) is 23.8. The van der Waals surface area contributed by atoms with E-state index in [1.165, 1.54) is 12.1 Å². The Hall–Kier alpha value is -2.68. The number of anilines is 1. The maximum absolute atomic E-state index is 12.0. The number of terminal acetylenes is 1. The second-order valence-electron chi connectivity index (χ2n) is 5.59. The topological polar surface area (TPSA) is 155 Å². The quantitative estimate of drug-likeness (QED) is 0.309. The molecule has 0 spiro atoms. The first-order valence-electron chi connectivity index (χ1n) is 7.84. The van der Waals surface area contributed by atoms with Crippen molar-refractivity contribution in [3.63, 3.8) is 0 Å². The fraction of sp³-hybridized carbons (Fsp3) is 0.412. The van der Waals surface area contributed by atoms with Crippen LogP contribution in [0.25, 0.3) is 0 Å². The average molecular weight is 381 g/mol. The number of hydrogen-bond acceptors (Lipinski definition) is 9. The minimum absolute atomic E-state index is 0.162. The number of ether oxygens (including phenoxy) is 3. The summed E-state index contributed by atoms with van der Waals surface area (Å²) in [5, 5.41) is 40.9. The summed E-state index contributed by atoms with van der Waals surface area (Å²) < 4.78 is 14.6. The third-order valence-electron chi connectivity index (χ3n) is 3.71. The van der Waals surface area contributed by atoms with Crippen molar-refractivity contribution < 1.29 is 44.2 Å². The molecular formula is C17H19NO9. The molecule has 5 N–H and O–H groups in total. The molecule has 0 bridgehead atoms. The predicted molar refractivity (Wildman–Crippen MR) is 88.9 cm³/mol. The van der Waals surface area contributed by atoms with Crippen LogP contribution in [-0.4, -0.2) is 69.8 Å². The molecule has 1 aromatic rings. The van der Waals surface area contributed by atoms with E-state index in [9.17, 15) is 24.9 Å². The lowest BCUT2D eigenvalue weighted by molar-refractivity contribution is -0.278. The number of benzene rings is 1. The highest BCUT2D eigenvalue weighted by Crippen LogP contribution is 2.23. The molecule has 0 radical (unpaired) electrons. The normalized spacial score (nSPS) is 27.3. The molecule has 1 saturated heterocycles. The van der Waals surface area contributed by atoms with Gasteiger partial charge in [0.25, 0.3) is 0 Å². The SMILES string of the molecule is C#CCOC(=O)C1OC(OC(=O)Nc2ccc(CO)cc2)C(O)C(O)C1O. The first-order chi connectivity index (χ1) is 12.9. The Bertz CT molecular complexity index is 699. The zero-order chi connectivity index (χ0) is 20.0. The number of aliphatic hydroxyl groups excluding tert-OH is 4. The standard InChI is InChI=1S/C17H19NO9/c1-2-7-25-15(23)14-12(21)11(20)13(22)16(26-14)27-17(24)18-10-5-3-9(8-19)4-6-10/h1,3-6,11-14,16,19-22H,7-8H2,(H,18,24). The van der Waals surface area contributed by atoms with E-state index in [4.69, 9.17) is 21.0 Å². The third-order valence-corrected chi connectivity index (χ3v) is 3.71. The minimum Gasteiger partial charge on any atom is -0.451 e. The molecule has 27 heavy (non-hydrogen) atoms. The van der Waals surface area contributed by atoms with Gasteiger partial charge in [-0.05, 0) is 17.7 Å². The smallest absolute Gasteiger partial charge is 0.414 e. The van der Waals surface area contributed by atoms with Crippen molar-refractivity contribution in [3.8, 4) is 12.3 Å². The van der Waals surface area contributed by atoms with E-state index in [-0.39, 0.29) is 13.2 Å². The second-order valence-corrected chi connectivity index (χ2v) is 5.59. The summed E-state index contributed by atoms with van der Waals surface area (Å²) >= 11 is 0. The van der Waals surface area contributed by atoms with Gasteiger partial charge in [0.15, 0.2) is 12.7 Å². The highest BCUT2D eigenvalue weighted by molar-refractivity contribution is 5.84. The Morgan fingerprint density at radius 2 is 1.81 bits per heavy atom. The maximum Gasteiger partial charge on any atom is 0.414 e. The first-order valence-corrected chi connectivity index (χ1v) is 7.84. The van der Waals surface area contributed by atoms with Crippen molar-refractivity contribution in [2.24, 2.45) is 0 Å². The molecule has 1 heterocycles. The predicted octanol–water partition coefficient (Wildman–Crippen LogP) is -1.29. The summed E-state index contributed by atoms with van der Waals surface area (Å²) in [6.07, 6.45) is -4.98. The van der Waals surface area contributed by atoms with Gasteiger partial charge in [-0.3, -0.25) is 5.32 Å². The number of rotatable bonds is 5. The van der Waals surface area contributed by atoms with Crippen LogP contribution < -0.4 is 5.32 Å². The summed E-state index contributed by atoms with van der Waals surface area (Å²) in [6.45, 7) is -0.551. The number of hydrogen-bond donors (Lipinski definition) is 5. The van der Waals surface area contributed by atoms with E-state index in [0.29, 0.717) is 11.3 Å². The summed E-state index contributed by atoms with van der Waals surface area (Å²) in [5.41, 5.74) is 0.957. The van der Waals surface area contributed by atoms with Crippen LogP contribution in [0.2, 0.25) is 0 Å². The number of nitrogens with one attached hydrogen (secondary N) is 1. The van der Waals surface area contributed by atoms with E-state index < -0.39 is 42.8 Å². The summed E-state index contributed by atoms with van der Waals surface area (Å²) in [7, 11) is 0. The van der Waals surface area contributed by atoms with Crippen molar-refractivity contribution in [2.45, 2.75) is 37.3 Å². The van der Waals surface area contributed by atoms with Gasteiger partial charge in [-0.1, -0.05) is 18.1 Å². The van der Waals surface area contributed by atoms with Gasteiger partial charge in [-0.15, -0.1) is 6.42 Å². The molecule has 146 valence electrons. The van der Waals surface area contributed by atoms with Crippen LogP contribution in [-0.2, 0) is 25.6 Å². The van der Waals surface area contributed by atoms with Gasteiger partial charge in [0.2, 0.25) is 6.29 Å². The maximum atomic E-state index is 12.0. The molecule has 0 saturated carbocycles. The second kappa shape index (κ2) is 9.31. The summed E-state index contributed by atoms with van der Waals surface area (Å²) in [6, 6.07) is 6.14. The highest BCUT2D eigenvalue weighted by Gasteiger charge is 2.49. The molecule has 1 aliphatic rings. The van der Waals surface area contributed by atoms with E-state index in [1.54, 1.807) is 12.1 Å². The molecule has 10 nitrogen and oxygen atoms in total. The van der Waals surface area contributed by atoms with Gasteiger partial charge in [0.1, 0.15) is 18.3 Å². The molecule has 1 aromatic carbocycles. The van der Waals surface area contributed by atoms with Gasteiger partial charge in [-0.2, -0.15) is 0 Å². The Balaban J connectivity index is 2.01. The van der Waals surface area contributed by atoms with E-state index in [1.807, 2.05) is 5.92 Å². The molecule has 5 atom stereocenters. The van der Waals surface area contributed by atoms with Crippen molar-refractivity contribution >= 4 is 17.7 Å².